The summed E-state index contributed by atoms with van der Waals surface area (Å²) >= 11 is 8.14. The van der Waals surface area contributed by atoms with Gasteiger partial charge in [0.25, 0.3) is 5.91 Å². The van der Waals surface area contributed by atoms with Gasteiger partial charge in [0.1, 0.15) is 0 Å². The van der Waals surface area contributed by atoms with Gasteiger partial charge in [-0.1, -0.05) is 11.6 Å². The summed E-state index contributed by atoms with van der Waals surface area (Å²) in [6, 6.07) is 5.29. The summed E-state index contributed by atoms with van der Waals surface area (Å²) in [5.41, 5.74) is 0.571. The molecule has 0 saturated carbocycles. The van der Waals surface area contributed by atoms with Gasteiger partial charge in [-0.25, -0.2) is 0 Å². The number of amides is 1. The average Bonchev–Trinajstić information content (AvgIpc) is 2.79. The lowest BCUT2D eigenvalue weighted by Gasteiger charge is -2.18. The number of carbonyl (C=O) groups excluding carboxylic acids is 1. The number of halogens is 2. The van der Waals surface area contributed by atoms with E-state index in [4.69, 9.17) is 16.3 Å². The third-order valence-electron chi connectivity index (χ3n) is 2.96. The molecule has 1 fully saturated rings. The first-order valence-corrected chi connectivity index (χ1v) is 7.07. The summed E-state index contributed by atoms with van der Waals surface area (Å²) in [6.45, 7) is 1.48. The predicted molar refractivity (Wildman–Crippen MR) is 79.1 cm³/mol. The van der Waals surface area contributed by atoms with Crippen LogP contribution >= 0.6 is 34.2 Å². The summed E-state index contributed by atoms with van der Waals surface area (Å²) in [7, 11) is 1.65. The van der Waals surface area contributed by atoms with Crippen molar-refractivity contribution in [3.8, 4) is 0 Å². The van der Waals surface area contributed by atoms with Crippen molar-refractivity contribution in [3.05, 3.63) is 32.4 Å². The van der Waals surface area contributed by atoms with Crippen molar-refractivity contribution in [2.45, 2.75) is 12.1 Å². The Morgan fingerprint density at radius 2 is 2.33 bits per heavy atom. The SMILES string of the molecule is CO[C@H]1CNCC1NC(=O)c1ccc(I)c(Cl)c1. The van der Waals surface area contributed by atoms with Crippen molar-refractivity contribution < 1.29 is 9.53 Å². The second kappa shape index (κ2) is 6.18. The van der Waals surface area contributed by atoms with E-state index in [1.807, 2.05) is 6.07 Å². The Balaban J connectivity index is 2.05. The van der Waals surface area contributed by atoms with E-state index < -0.39 is 0 Å². The Kier molecular flexibility index (Phi) is 4.83. The number of rotatable bonds is 3. The first-order valence-electron chi connectivity index (χ1n) is 5.61. The highest BCUT2D eigenvalue weighted by Gasteiger charge is 2.28. The van der Waals surface area contributed by atoms with Crippen molar-refractivity contribution in [1.29, 1.82) is 0 Å². The lowest BCUT2D eigenvalue weighted by Crippen LogP contribution is -2.43. The molecular formula is C12H14ClIN2O2. The minimum Gasteiger partial charge on any atom is -0.378 e. The lowest BCUT2D eigenvalue weighted by molar-refractivity contribution is 0.0780. The van der Waals surface area contributed by atoms with Crippen LogP contribution in [0.4, 0.5) is 0 Å². The molecule has 4 nitrogen and oxygen atoms in total. The zero-order valence-corrected chi connectivity index (χ0v) is 12.8. The van der Waals surface area contributed by atoms with E-state index >= 15 is 0 Å². The molecule has 1 amide bonds. The Hall–Kier alpha value is -0.370. The van der Waals surface area contributed by atoms with Gasteiger partial charge in [-0.3, -0.25) is 4.79 Å². The molecule has 1 unspecified atom stereocenters. The van der Waals surface area contributed by atoms with E-state index in [-0.39, 0.29) is 18.1 Å². The van der Waals surface area contributed by atoms with Crippen LogP contribution in [-0.2, 0) is 4.74 Å². The van der Waals surface area contributed by atoms with Crippen molar-refractivity contribution in [3.63, 3.8) is 0 Å². The molecule has 2 rings (SSSR count). The Morgan fingerprint density at radius 3 is 3.00 bits per heavy atom. The monoisotopic (exact) mass is 380 g/mol. The maximum absolute atomic E-state index is 12.1. The van der Waals surface area contributed by atoms with Crippen LogP contribution in [0.1, 0.15) is 10.4 Å². The van der Waals surface area contributed by atoms with E-state index in [1.54, 1.807) is 19.2 Å². The van der Waals surface area contributed by atoms with Crippen LogP contribution < -0.4 is 10.6 Å². The highest BCUT2D eigenvalue weighted by Crippen LogP contribution is 2.19. The van der Waals surface area contributed by atoms with E-state index in [9.17, 15) is 4.79 Å². The van der Waals surface area contributed by atoms with Crippen LogP contribution in [0.25, 0.3) is 0 Å². The fraction of sp³-hybridized carbons (Fsp3) is 0.417. The van der Waals surface area contributed by atoms with E-state index in [2.05, 4.69) is 33.2 Å². The van der Waals surface area contributed by atoms with Crippen LogP contribution in [-0.4, -0.2) is 38.3 Å². The fourth-order valence-electron chi connectivity index (χ4n) is 1.94. The number of hydrogen-bond acceptors (Lipinski definition) is 3. The van der Waals surface area contributed by atoms with Gasteiger partial charge >= 0.3 is 0 Å². The van der Waals surface area contributed by atoms with Crippen LogP contribution in [0.5, 0.6) is 0 Å². The summed E-state index contributed by atoms with van der Waals surface area (Å²) in [5.74, 6) is -0.121. The van der Waals surface area contributed by atoms with E-state index in [1.165, 1.54) is 0 Å². The molecular weight excluding hydrogens is 367 g/mol. The Bertz CT molecular complexity index is 456. The molecule has 1 heterocycles. The van der Waals surface area contributed by atoms with Gasteiger partial charge in [-0.05, 0) is 40.8 Å². The number of nitrogens with one attached hydrogen (secondary N) is 2. The quantitative estimate of drug-likeness (QED) is 0.784. The van der Waals surface area contributed by atoms with Crippen LogP contribution in [0.3, 0.4) is 0 Å². The first-order chi connectivity index (χ1) is 8.61. The first kappa shape index (κ1) is 14.0. The topological polar surface area (TPSA) is 50.4 Å². The molecule has 0 spiro atoms. The zero-order valence-electron chi connectivity index (χ0n) is 9.87. The molecule has 2 N–H and O–H groups in total. The number of hydrogen-bond donors (Lipinski definition) is 2. The molecule has 0 aromatic heterocycles. The van der Waals surface area contributed by atoms with Gasteiger partial charge in [0.05, 0.1) is 17.2 Å². The van der Waals surface area contributed by atoms with Crippen LogP contribution in [0.2, 0.25) is 5.02 Å². The number of carbonyl (C=O) groups is 1. The normalized spacial score (nSPS) is 23.1. The molecule has 1 aliphatic rings. The third kappa shape index (κ3) is 3.14. The van der Waals surface area contributed by atoms with Gasteiger partial charge < -0.3 is 15.4 Å². The smallest absolute Gasteiger partial charge is 0.251 e. The highest BCUT2D eigenvalue weighted by atomic mass is 127. The summed E-state index contributed by atoms with van der Waals surface area (Å²) < 4.78 is 6.23. The minimum atomic E-state index is -0.121. The molecule has 1 aliphatic heterocycles. The lowest BCUT2D eigenvalue weighted by atomic mass is 10.1. The molecule has 0 aliphatic carbocycles. The van der Waals surface area contributed by atoms with Crippen molar-refractivity contribution in [2.75, 3.05) is 20.2 Å². The standard InChI is InChI=1S/C12H14ClIN2O2/c1-18-11-6-15-5-10(11)16-12(17)7-2-3-9(14)8(13)4-7/h2-4,10-11,15H,5-6H2,1H3,(H,16,17)/t10?,11-/m0/s1. The van der Waals surface area contributed by atoms with Gasteiger partial charge in [0.2, 0.25) is 0 Å². The van der Waals surface area contributed by atoms with Crippen molar-refractivity contribution >= 4 is 40.1 Å². The highest BCUT2D eigenvalue weighted by molar-refractivity contribution is 14.1. The second-order valence-electron chi connectivity index (χ2n) is 4.14. The summed E-state index contributed by atoms with van der Waals surface area (Å²) in [5, 5.41) is 6.73. The zero-order chi connectivity index (χ0) is 13.1. The molecule has 2 atom stereocenters. The van der Waals surface area contributed by atoms with Crippen LogP contribution in [0.15, 0.2) is 18.2 Å². The molecule has 18 heavy (non-hydrogen) atoms. The predicted octanol–water partition coefficient (Wildman–Crippen LogP) is 1.66. The van der Waals surface area contributed by atoms with Crippen LogP contribution in [0, 0.1) is 3.57 Å². The van der Waals surface area contributed by atoms with Gasteiger partial charge in [0.15, 0.2) is 0 Å². The Morgan fingerprint density at radius 1 is 1.56 bits per heavy atom. The molecule has 0 bridgehead atoms. The number of benzene rings is 1. The summed E-state index contributed by atoms with van der Waals surface area (Å²) in [6.07, 6.45) is 0.0215. The molecule has 1 saturated heterocycles. The minimum absolute atomic E-state index is 0.000513. The fourth-order valence-corrected chi connectivity index (χ4v) is 2.45. The maximum Gasteiger partial charge on any atom is 0.251 e. The molecule has 1 aromatic rings. The number of ether oxygens (including phenoxy) is 1. The largest absolute Gasteiger partial charge is 0.378 e. The summed E-state index contributed by atoms with van der Waals surface area (Å²) in [4.78, 5) is 12.1. The number of methoxy groups -OCH3 is 1. The molecule has 6 heteroatoms. The van der Waals surface area contributed by atoms with Gasteiger partial charge in [-0.15, -0.1) is 0 Å². The van der Waals surface area contributed by atoms with E-state index in [0.29, 0.717) is 10.6 Å². The average molecular weight is 381 g/mol. The van der Waals surface area contributed by atoms with Gasteiger partial charge in [-0.2, -0.15) is 0 Å². The van der Waals surface area contributed by atoms with Crippen molar-refractivity contribution in [2.24, 2.45) is 0 Å². The van der Waals surface area contributed by atoms with Crippen molar-refractivity contribution in [1.82, 2.24) is 10.6 Å². The van der Waals surface area contributed by atoms with E-state index in [0.717, 1.165) is 16.7 Å². The third-order valence-corrected chi connectivity index (χ3v) is 4.53. The Labute approximate surface area is 125 Å². The maximum atomic E-state index is 12.1. The molecule has 0 radical (unpaired) electrons. The second-order valence-corrected chi connectivity index (χ2v) is 5.71. The van der Waals surface area contributed by atoms with Gasteiger partial charge in [0, 0.05) is 29.3 Å². The molecule has 98 valence electrons. The molecule has 1 aromatic carbocycles.